The van der Waals surface area contributed by atoms with E-state index in [4.69, 9.17) is 9.31 Å². The van der Waals surface area contributed by atoms with E-state index in [1.807, 2.05) is 58.9 Å². The highest BCUT2D eigenvalue weighted by atomic mass is 16.7. The molecule has 0 aliphatic carbocycles. The van der Waals surface area contributed by atoms with Gasteiger partial charge in [0.25, 0.3) is 0 Å². The molecule has 1 aromatic rings. The zero-order valence-electron chi connectivity index (χ0n) is 16.0. The highest BCUT2D eigenvalue weighted by Crippen LogP contribution is 2.38. The van der Waals surface area contributed by atoms with Crippen molar-refractivity contribution in [1.29, 1.82) is 0 Å². The summed E-state index contributed by atoms with van der Waals surface area (Å²) in [6.45, 7) is 11.9. The Labute approximate surface area is 150 Å². The predicted molar refractivity (Wildman–Crippen MR) is 99.8 cm³/mol. The van der Waals surface area contributed by atoms with E-state index in [1.165, 1.54) is 6.92 Å². The van der Waals surface area contributed by atoms with Crippen LogP contribution in [0.1, 0.15) is 51.3 Å². The first-order valence-corrected chi connectivity index (χ1v) is 8.56. The number of benzene rings is 1. The van der Waals surface area contributed by atoms with Gasteiger partial charge in [0.2, 0.25) is 5.91 Å². The quantitative estimate of drug-likeness (QED) is 0.805. The maximum absolute atomic E-state index is 11.4. The maximum atomic E-state index is 11.4. The first kappa shape index (κ1) is 19.7. The molecule has 0 aromatic heterocycles. The summed E-state index contributed by atoms with van der Waals surface area (Å²) in [5, 5.41) is 12.1. The van der Waals surface area contributed by atoms with Gasteiger partial charge in [0.1, 0.15) is 0 Å². The lowest BCUT2D eigenvalue weighted by atomic mass is 9.76. The highest BCUT2D eigenvalue weighted by Gasteiger charge is 2.52. The fraction of sp³-hybridized carbons (Fsp3) is 0.526. The Bertz CT molecular complexity index is 666. The van der Waals surface area contributed by atoms with Crippen LogP contribution in [0.4, 0.5) is 0 Å². The van der Waals surface area contributed by atoms with Crippen LogP contribution in [0.5, 0.6) is 0 Å². The number of nitrogens with one attached hydrogen (secondary N) is 1. The van der Waals surface area contributed by atoms with Crippen LogP contribution < -0.4 is 5.32 Å². The lowest BCUT2D eigenvalue weighted by Gasteiger charge is -2.32. The number of carbonyl (C=O) groups is 1. The highest BCUT2D eigenvalue weighted by molar-refractivity contribution is 6.56. The fourth-order valence-corrected chi connectivity index (χ4v) is 2.62. The van der Waals surface area contributed by atoms with Gasteiger partial charge >= 0.3 is 7.12 Å². The zero-order valence-corrected chi connectivity index (χ0v) is 16.0. The van der Waals surface area contributed by atoms with Crippen LogP contribution in [-0.2, 0) is 20.7 Å². The van der Waals surface area contributed by atoms with Crippen molar-refractivity contribution in [3.05, 3.63) is 40.4 Å². The molecule has 5 nitrogen and oxygen atoms in total. The number of amides is 1. The van der Waals surface area contributed by atoms with Gasteiger partial charge in [0.05, 0.1) is 17.8 Å². The molecule has 0 bridgehead atoms. The summed E-state index contributed by atoms with van der Waals surface area (Å²) in [5.74, 6) is -0.102. The number of aryl methyl sites for hydroxylation is 1. The number of carbonyl (C=O) groups excluding carboxylic acids is 1. The normalized spacial score (nSPS) is 19.2. The second-order valence-electron chi connectivity index (χ2n) is 7.57. The van der Waals surface area contributed by atoms with Gasteiger partial charge in [-0.15, -0.1) is 0 Å². The Morgan fingerprint density at radius 1 is 1.24 bits per heavy atom. The van der Waals surface area contributed by atoms with Crippen LogP contribution >= 0.6 is 0 Å². The molecule has 0 saturated carbocycles. The molecule has 25 heavy (non-hydrogen) atoms. The molecule has 136 valence electrons. The minimum atomic E-state index is -0.520. The van der Waals surface area contributed by atoms with Crippen molar-refractivity contribution in [2.45, 2.75) is 59.4 Å². The summed E-state index contributed by atoms with van der Waals surface area (Å²) >= 11 is 0. The molecule has 1 aromatic carbocycles. The molecule has 1 aliphatic rings. The molecule has 2 rings (SSSR count). The van der Waals surface area contributed by atoms with E-state index in [9.17, 15) is 9.90 Å². The van der Waals surface area contributed by atoms with Crippen molar-refractivity contribution in [2.75, 3.05) is 6.54 Å². The van der Waals surface area contributed by atoms with Gasteiger partial charge in [-0.1, -0.05) is 24.3 Å². The summed E-state index contributed by atoms with van der Waals surface area (Å²) < 4.78 is 12.3. The third kappa shape index (κ3) is 4.51. The molecule has 1 heterocycles. The molecule has 0 radical (unpaired) electrons. The topological polar surface area (TPSA) is 67.8 Å². The molecule has 6 heteroatoms. The van der Waals surface area contributed by atoms with Crippen molar-refractivity contribution in [1.82, 2.24) is 5.32 Å². The first-order valence-electron chi connectivity index (χ1n) is 8.56. The molecular weight excluding hydrogens is 317 g/mol. The lowest BCUT2D eigenvalue weighted by Crippen LogP contribution is -2.41. The van der Waals surface area contributed by atoms with Crippen molar-refractivity contribution in [3.8, 4) is 0 Å². The molecule has 1 saturated heterocycles. The monoisotopic (exact) mass is 345 g/mol. The Morgan fingerprint density at radius 2 is 1.84 bits per heavy atom. The van der Waals surface area contributed by atoms with Gasteiger partial charge in [-0.2, -0.15) is 0 Å². The van der Waals surface area contributed by atoms with Crippen LogP contribution in [0, 0.1) is 6.92 Å². The summed E-state index contributed by atoms with van der Waals surface area (Å²) in [5.41, 5.74) is 2.89. The summed E-state index contributed by atoms with van der Waals surface area (Å²) in [7, 11) is -0.520. The molecule has 1 fully saturated rings. The third-order valence-corrected chi connectivity index (χ3v) is 4.96. The van der Waals surface area contributed by atoms with Crippen LogP contribution in [0.3, 0.4) is 0 Å². The fourth-order valence-electron chi connectivity index (χ4n) is 2.62. The smallest absolute Gasteiger partial charge is 0.400 e. The van der Waals surface area contributed by atoms with Crippen molar-refractivity contribution in [3.63, 3.8) is 0 Å². The van der Waals surface area contributed by atoms with Gasteiger partial charge in [0, 0.05) is 13.5 Å². The number of aliphatic hydroxyl groups excluding tert-OH is 1. The number of rotatable bonds is 5. The average molecular weight is 345 g/mol. The number of hydrogen-bond acceptors (Lipinski definition) is 4. The van der Waals surface area contributed by atoms with Gasteiger partial charge in [-0.25, -0.2) is 0 Å². The van der Waals surface area contributed by atoms with Crippen molar-refractivity contribution < 1.29 is 19.2 Å². The van der Waals surface area contributed by atoms with Crippen LogP contribution in [-0.4, -0.2) is 35.9 Å². The van der Waals surface area contributed by atoms with Crippen LogP contribution in [0.15, 0.2) is 23.7 Å². The zero-order chi connectivity index (χ0) is 18.8. The van der Waals surface area contributed by atoms with Crippen LogP contribution in [0.25, 0.3) is 6.08 Å². The van der Waals surface area contributed by atoms with Crippen LogP contribution in [0.2, 0.25) is 0 Å². The van der Waals surface area contributed by atoms with Gasteiger partial charge in [-0.05, 0) is 56.8 Å². The van der Waals surface area contributed by atoms with E-state index in [0.717, 1.165) is 22.2 Å². The van der Waals surface area contributed by atoms with E-state index in [2.05, 4.69) is 5.32 Å². The number of hydrogen-bond donors (Lipinski definition) is 2. The standard InChI is InChI=1S/C19H28BNO4/c1-13-9-15(12-22)7-8-16(13)10-17(11-21-14(2)23)20-24-18(3,4)19(5,6)25-20/h7-10,22H,11-12H2,1-6H3,(H,21,23). The Balaban J connectivity index is 2.35. The summed E-state index contributed by atoms with van der Waals surface area (Å²) in [6, 6.07) is 5.80. The minimum absolute atomic E-state index is 0.0147. The molecule has 0 atom stereocenters. The van der Waals surface area contributed by atoms with E-state index in [1.54, 1.807) is 0 Å². The van der Waals surface area contributed by atoms with Gasteiger partial charge in [0.15, 0.2) is 0 Å². The van der Waals surface area contributed by atoms with E-state index >= 15 is 0 Å². The molecule has 1 aliphatic heterocycles. The summed E-state index contributed by atoms with van der Waals surface area (Å²) in [4.78, 5) is 11.4. The first-order chi connectivity index (χ1) is 11.6. The maximum Gasteiger partial charge on any atom is 0.492 e. The molecule has 1 amide bonds. The molecule has 0 unspecified atom stereocenters. The summed E-state index contributed by atoms with van der Waals surface area (Å²) in [6.07, 6.45) is 1.99. The average Bonchev–Trinajstić information content (AvgIpc) is 2.72. The van der Waals surface area contributed by atoms with E-state index in [0.29, 0.717) is 6.54 Å². The SMILES string of the molecule is CC(=O)NCC(=Cc1ccc(CO)cc1C)B1OC(C)(C)C(C)(C)O1. The predicted octanol–water partition coefficient (Wildman–Crippen LogP) is 2.64. The number of aliphatic hydroxyl groups is 1. The molecule has 2 N–H and O–H groups in total. The van der Waals surface area contributed by atoms with Gasteiger partial charge < -0.3 is 19.7 Å². The van der Waals surface area contributed by atoms with E-state index in [-0.39, 0.29) is 12.5 Å². The molecular formula is C19H28BNO4. The Kier molecular flexibility index (Phi) is 5.77. The van der Waals surface area contributed by atoms with Crippen molar-refractivity contribution >= 4 is 19.1 Å². The Morgan fingerprint density at radius 3 is 2.32 bits per heavy atom. The van der Waals surface area contributed by atoms with E-state index < -0.39 is 18.3 Å². The lowest BCUT2D eigenvalue weighted by molar-refractivity contribution is -0.118. The second kappa shape index (κ2) is 7.32. The Hall–Kier alpha value is -1.63. The van der Waals surface area contributed by atoms with Gasteiger partial charge in [-0.3, -0.25) is 4.79 Å². The third-order valence-electron chi connectivity index (χ3n) is 4.96. The molecule has 0 spiro atoms. The second-order valence-corrected chi connectivity index (χ2v) is 7.57. The largest absolute Gasteiger partial charge is 0.492 e. The van der Waals surface area contributed by atoms with Crippen molar-refractivity contribution in [2.24, 2.45) is 0 Å². The minimum Gasteiger partial charge on any atom is -0.400 e.